The van der Waals surface area contributed by atoms with Gasteiger partial charge in [0.25, 0.3) is 5.91 Å². The van der Waals surface area contributed by atoms with Crippen molar-refractivity contribution < 1.29 is 14.3 Å². The van der Waals surface area contributed by atoms with E-state index in [1.54, 1.807) is 18.3 Å². The van der Waals surface area contributed by atoms with Gasteiger partial charge in [-0.1, -0.05) is 32.0 Å². The fourth-order valence-electron chi connectivity index (χ4n) is 2.49. The van der Waals surface area contributed by atoms with Crippen LogP contribution < -0.4 is 5.32 Å². The first-order valence-electron chi connectivity index (χ1n) is 8.61. The first-order valence-corrected chi connectivity index (χ1v) is 9.55. The Hall–Kier alpha value is -2.14. The zero-order chi connectivity index (χ0) is 18.2. The number of amides is 1. The smallest absolute Gasteiger partial charge is 0.306 e. The Bertz CT molecular complexity index is 697. The Balaban J connectivity index is 1.89. The maximum absolute atomic E-state index is 12.4. The molecule has 1 aromatic carbocycles. The van der Waals surface area contributed by atoms with Gasteiger partial charge in [0.15, 0.2) is 6.10 Å². The number of ether oxygens (including phenoxy) is 1. The third-order valence-electron chi connectivity index (χ3n) is 4.24. The minimum Gasteiger partial charge on any atom is -0.453 e. The number of hydrogen-bond acceptors (Lipinski definition) is 4. The number of rotatable bonds is 8. The van der Waals surface area contributed by atoms with Crippen LogP contribution in [0.25, 0.3) is 0 Å². The second kappa shape index (κ2) is 9.37. The third kappa shape index (κ3) is 5.71. The van der Waals surface area contributed by atoms with Crippen LogP contribution in [0.4, 0.5) is 5.69 Å². The number of carbonyl (C=O) groups is 2. The van der Waals surface area contributed by atoms with Gasteiger partial charge in [-0.15, -0.1) is 0 Å². The lowest BCUT2D eigenvalue weighted by Gasteiger charge is -2.18. The van der Waals surface area contributed by atoms with Gasteiger partial charge in [-0.2, -0.15) is 11.3 Å². The second-order valence-corrected chi connectivity index (χ2v) is 6.93. The molecule has 0 saturated heterocycles. The molecule has 0 fully saturated rings. The summed E-state index contributed by atoms with van der Waals surface area (Å²) in [6.07, 6.45) is 1.07. The fourth-order valence-corrected chi connectivity index (χ4v) is 3.19. The lowest BCUT2D eigenvalue weighted by atomic mass is 9.97. The highest BCUT2D eigenvalue weighted by Gasteiger charge is 2.19. The van der Waals surface area contributed by atoms with Crippen LogP contribution in [0.3, 0.4) is 0 Å². The van der Waals surface area contributed by atoms with E-state index < -0.39 is 6.10 Å². The van der Waals surface area contributed by atoms with Crippen molar-refractivity contribution in [2.75, 3.05) is 5.32 Å². The van der Waals surface area contributed by atoms with E-state index in [0.29, 0.717) is 12.3 Å². The number of thiophene rings is 1. The predicted molar refractivity (Wildman–Crippen MR) is 102 cm³/mol. The minimum absolute atomic E-state index is 0.276. The summed E-state index contributed by atoms with van der Waals surface area (Å²) >= 11 is 1.60. The first kappa shape index (κ1) is 19.2. The number of nitrogens with one attached hydrogen (secondary N) is 1. The van der Waals surface area contributed by atoms with E-state index >= 15 is 0 Å². The molecule has 0 aliphatic rings. The molecule has 2 unspecified atom stereocenters. The molecule has 4 nitrogen and oxygen atoms in total. The van der Waals surface area contributed by atoms with Crippen molar-refractivity contribution in [2.45, 2.75) is 52.1 Å². The van der Waals surface area contributed by atoms with Crippen molar-refractivity contribution in [1.82, 2.24) is 0 Å². The topological polar surface area (TPSA) is 55.4 Å². The Morgan fingerprint density at radius 1 is 1.20 bits per heavy atom. The van der Waals surface area contributed by atoms with Crippen LogP contribution in [0.15, 0.2) is 41.1 Å². The second-order valence-electron chi connectivity index (χ2n) is 6.15. The van der Waals surface area contributed by atoms with Crippen LogP contribution in [0.5, 0.6) is 0 Å². The normalized spacial score (nSPS) is 13.1. The Morgan fingerprint density at radius 3 is 2.64 bits per heavy atom. The standard InChI is InChI=1S/C20H25NO3S/c1-4-14(2)17-7-5-6-8-18(17)21-20(23)15(3)24-19(22)10-9-16-11-12-25-13-16/h5-8,11-15H,4,9-10H2,1-3H3,(H,21,23). The van der Waals surface area contributed by atoms with E-state index in [0.717, 1.165) is 23.2 Å². The van der Waals surface area contributed by atoms with Gasteiger partial charge in [0.1, 0.15) is 0 Å². The fraction of sp³-hybridized carbons (Fsp3) is 0.400. The third-order valence-corrected chi connectivity index (χ3v) is 4.97. The van der Waals surface area contributed by atoms with Crippen molar-refractivity contribution in [1.29, 1.82) is 0 Å². The van der Waals surface area contributed by atoms with Crippen molar-refractivity contribution in [3.8, 4) is 0 Å². The summed E-state index contributed by atoms with van der Waals surface area (Å²) in [5, 5.41) is 6.87. The summed E-state index contributed by atoms with van der Waals surface area (Å²) in [4.78, 5) is 24.3. The largest absolute Gasteiger partial charge is 0.453 e. The summed E-state index contributed by atoms with van der Waals surface area (Å²) in [6, 6.07) is 9.73. The minimum atomic E-state index is -0.819. The zero-order valence-corrected chi connectivity index (χ0v) is 15.8. The highest BCUT2D eigenvalue weighted by molar-refractivity contribution is 7.07. The molecule has 0 saturated carbocycles. The van der Waals surface area contributed by atoms with Gasteiger partial charge in [-0.25, -0.2) is 0 Å². The van der Waals surface area contributed by atoms with E-state index in [9.17, 15) is 9.59 Å². The van der Waals surface area contributed by atoms with Crippen LogP contribution in [0.1, 0.15) is 50.7 Å². The van der Waals surface area contributed by atoms with Gasteiger partial charge >= 0.3 is 5.97 Å². The number of aryl methyl sites for hydroxylation is 1. The summed E-state index contributed by atoms with van der Waals surface area (Å²) in [5.74, 6) is -0.316. The number of para-hydroxylation sites is 1. The van der Waals surface area contributed by atoms with Crippen LogP contribution in [-0.4, -0.2) is 18.0 Å². The highest BCUT2D eigenvalue weighted by Crippen LogP contribution is 2.26. The van der Waals surface area contributed by atoms with Crippen molar-refractivity contribution in [3.05, 3.63) is 52.2 Å². The average Bonchev–Trinajstić information content (AvgIpc) is 3.13. The summed E-state index contributed by atoms with van der Waals surface area (Å²) in [6.45, 7) is 5.84. The molecule has 0 spiro atoms. The molecule has 1 amide bonds. The highest BCUT2D eigenvalue weighted by atomic mass is 32.1. The molecular weight excluding hydrogens is 334 g/mol. The number of carbonyl (C=O) groups excluding carboxylic acids is 2. The maximum Gasteiger partial charge on any atom is 0.306 e. The van der Waals surface area contributed by atoms with E-state index in [2.05, 4.69) is 19.2 Å². The van der Waals surface area contributed by atoms with E-state index in [4.69, 9.17) is 4.74 Å². The molecule has 25 heavy (non-hydrogen) atoms. The number of anilines is 1. The van der Waals surface area contributed by atoms with Crippen molar-refractivity contribution >= 4 is 28.9 Å². The molecule has 2 rings (SSSR count). The van der Waals surface area contributed by atoms with Crippen LogP contribution in [-0.2, 0) is 20.7 Å². The van der Waals surface area contributed by atoms with Gasteiger partial charge in [-0.3, -0.25) is 9.59 Å². The SMILES string of the molecule is CCC(C)c1ccccc1NC(=O)C(C)OC(=O)CCc1ccsc1. The molecular formula is C20H25NO3S. The molecule has 0 radical (unpaired) electrons. The van der Waals surface area contributed by atoms with Gasteiger partial charge in [-0.05, 0) is 59.7 Å². The van der Waals surface area contributed by atoms with Crippen molar-refractivity contribution in [2.24, 2.45) is 0 Å². The van der Waals surface area contributed by atoms with Gasteiger partial charge in [0.2, 0.25) is 0 Å². The van der Waals surface area contributed by atoms with Crippen LogP contribution in [0.2, 0.25) is 0 Å². The quantitative estimate of drug-likeness (QED) is 0.691. The van der Waals surface area contributed by atoms with Gasteiger partial charge in [0.05, 0.1) is 0 Å². The summed E-state index contributed by atoms with van der Waals surface area (Å²) in [7, 11) is 0. The van der Waals surface area contributed by atoms with E-state index in [-0.39, 0.29) is 18.3 Å². The van der Waals surface area contributed by atoms with Crippen LogP contribution in [0, 0.1) is 0 Å². The molecule has 0 bridgehead atoms. The Labute approximate surface area is 153 Å². The molecule has 1 aromatic heterocycles. The number of benzene rings is 1. The maximum atomic E-state index is 12.4. The van der Waals surface area contributed by atoms with E-state index in [1.807, 2.05) is 41.1 Å². The number of esters is 1. The van der Waals surface area contributed by atoms with Crippen molar-refractivity contribution in [3.63, 3.8) is 0 Å². The molecule has 2 atom stereocenters. The Kier molecular flexibility index (Phi) is 7.19. The van der Waals surface area contributed by atoms with Gasteiger partial charge in [0, 0.05) is 12.1 Å². The first-order chi connectivity index (χ1) is 12.0. The lowest BCUT2D eigenvalue weighted by molar-refractivity contribution is -0.153. The summed E-state index contributed by atoms with van der Waals surface area (Å²) in [5.41, 5.74) is 2.99. The molecule has 1 N–H and O–H groups in total. The molecule has 134 valence electrons. The molecule has 5 heteroatoms. The zero-order valence-electron chi connectivity index (χ0n) is 15.0. The average molecular weight is 359 g/mol. The number of hydrogen-bond donors (Lipinski definition) is 1. The Morgan fingerprint density at radius 2 is 1.96 bits per heavy atom. The molecule has 0 aliphatic carbocycles. The molecule has 1 heterocycles. The van der Waals surface area contributed by atoms with E-state index in [1.165, 1.54) is 0 Å². The lowest BCUT2D eigenvalue weighted by Crippen LogP contribution is -2.30. The van der Waals surface area contributed by atoms with Gasteiger partial charge < -0.3 is 10.1 Å². The summed E-state index contributed by atoms with van der Waals surface area (Å²) < 4.78 is 5.26. The monoisotopic (exact) mass is 359 g/mol. The molecule has 0 aliphatic heterocycles. The molecule has 2 aromatic rings. The predicted octanol–water partition coefficient (Wildman–Crippen LogP) is 4.76. The van der Waals surface area contributed by atoms with Crippen LogP contribution >= 0.6 is 11.3 Å².